The van der Waals surface area contributed by atoms with E-state index < -0.39 is 5.41 Å². The fraction of sp³-hybridized carbons (Fsp3) is 0.438. The standard InChI is InChI=1S/C16H17N3O3/c1-16(2)11-5-4-9(6-12(11)19(3)15(16)20)13-17-18-14(22-13)10-7-21-8-10/h4-6,10H,7-8H2,1-3H3. The Kier molecular flexibility index (Phi) is 2.69. The maximum Gasteiger partial charge on any atom is 0.247 e. The number of ether oxygens (including phenoxy) is 1. The average molecular weight is 299 g/mol. The summed E-state index contributed by atoms with van der Waals surface area (Å²) in [5.74, 6) is 1.40. The van der Waals surface area contributed by atoms with Crippen molar-refractivity contribution in [2.75, 3.05) is 25.2 Å². The van der Waals surface area contributed by atoms with Gasteiger partial charge in [0.25, 0.3) is 0 Å². The topological polar surface area (TPSA) is 68.5 Å². The Morgan fingerprint density at radius 2 is 2.05 bits per heavy atom. The number of hydrogen-bond acceptors (Lipinski definition) is 5. The summed E-state index contributed by atoms with van der Waals surface area (Å²) in [7, 11) is 1.80. The maximum atomic E-state index is 12.3. The Morgan fingerprint density at radius 3 is 2.73 bits per heavy atom. The molecule has 6 nitrogen and oxygen atoms in total. The molecule has 0 radical (unpaired) electrons. The summed E-state index contributed by atoms with van der Waals surface area (Å²) in [6, 6.07) is 5.85. The van der Waals surface area contributed by atoms with Crippen LogP contribution >= 0.6 is 0 Å². The second kappa shape index (κ2) is 4.39. The van der Waals surface area contributed by atoms with Gasteiger partial charge in [-0.1, -0.05) is 6.07 Å². The van der Waals surface area contributed by atoms with Crippen molar-refractivity contribution in [3.63, 3.8) is 0 Å². The molecule has 2 aliphatic heterocycles. The van der Waals surface area contributed by atoms with E-state index in [0.29, 0.717) is 25.0 Å². The number of aromatic nitrogens is 2. The number of hydrogen-bond donors (Lipinski definition) is 0. The van der Waals surface area contributed by atoms with Gasteiger partial charge >= 0.3 is 0 Å². The number of carbonyl (C=O) groups is 1. The summed E-state index contributed by atoms with van der Waals surface area (Å²) in [6.45, 7) is 5.16. The zero-order valence-corrected chi connectivity index (χ0v) is 12.8. The van der Waals surface area contributed by atoms with Crippen LogP contribution < -0.4 is 4.90 Å². The smallest absolute Gasteiger partial charge is 0.247 e. The fourth-order valence-corrected chi connectivity index (χ4v) is 3.01. The molecule has 22 heavy (non-hydrogen) atoms. The van der Waals surface area contributed by atoms with Crippen molar-refractivity contribution in [2.45, 2.75) is 25.2 Å². The predicted octanol–water partition coefficient (Wildman–Crippen LogP) is 2.10. The zero-order valence-electron chi connectivity index (χ0n) is 12.8. The minimum atomic E-state index is -0.494. The molecule has 0 atom stereocenters. The Hall–Kier alpha value is -2.21. The van der Waals surface area contributed by atoms with Crippen LogP contribution in [-0.2, 0) is 14.9 Å². The molecule has 2 aromatic rings. The summed E-state index contributed by atoms with van der Waals surface area (Å²) >= 11 is 0. The van der Waals surface area contributed by atoms with Crippen molar-refractivity contribution in [3.05, 3.63) is 29.7 Å². The molecule has 0 N–H and O–H groups in total. The van der Waals surface area contributed by atoms with E-state index in [2.05, 4.69) is 10.2 Å². The third-order valence-corrected chi connectivity index (χ3v) is 4.55. The van der Waals surface area contributed by atoms with Crippen LogP contribution in [0.4, 0.5) is 5.69 Å². The van der Waals surface area contributed by atoms with Crippen molar-refractivity contribution < 1.29 is 13.9 Å². The first-order valence-corrected chi connectivity index (χ1v) is 7.32. The van der Waals surface area contributed by atoms with Crippen molar-refractivity contribution >= 4 is 11.6 Å². The molecule has 0 spiro atoms. The lowest BCUT2D eigenvalue weighted by Gasteiger charge is -2.21. The van der Waals surface area contributed by atoms with Gasteiger partial charge in [0.15, 0.2) is 0 Å². The van der Waals surface area contributed by atoms with E-state index in [4.69, 9.17) is 9.15 Å². The molecule has 1 amide bonds. The fourth-order valence-electron chi connectivity index (χ4n) is 3.01. The molecule has 114 valence electrons. The van der Waals surface area contributed by atoms with Crippen molar-refractivity contribution in [1.82, 2.24) is 10.2 Å². The number of fused-ring (bicyclic) bond motifs is 1. The second-order valence-corrected chi connectivity index (χ2v) is 6.40. The largest absolute Gasteiger partial charge is 0.420 e. The van der Waals surface area contributed by atoms with Crippen molar-refractivity contribution in [1.29, 1.82) is 0 Å². The Morgan fingerprint density at radius 1 is 1.27 bits per heavy atom. The van der Waals surface area contributed by atoms with Gasteiger partial charge in [0.1, 0.15) is 0 Å². The Labute approximate surface area is 128 Å². The average Bonchev–Trinajstić information content (AvgIpc) is 2.97. The van der Waals surface area contributed by atoms with E-state index in [1.54, 1.807) is 11.9 Å². The van der Waals surface area contributed by atoms with Gasteiger partial charge in [0.05, 0.1) is 24.5 Å². The zero-order chi connectivity index (χ0) is 15.5. The summed E-state index contributed by atoms with van der Waals surface area (Å²) in [4.78, 5) is 14.0. The van der Waals surface area contributed by atoms with Crippen LogP contribution in [0.3, 0.4) is 0 Å². The van der Waals surface area contributed by atoms with Gasteiger partial charge in [0.2, 0.25) is 17.7 Å². The first kappa shape index (κ1) is 13.5. The highest BCUT2D eigenvalue weighted by molar-refractivity contribution is 6.07. The molecule has 1 aromatic heterocycles. The molecule has 0 saturated carbocycles. The summed E-state index contributed by atoms with van der Waals surface area (Å²) < 4.78 is 10.9. The highest BCUT2D eigenvalue weighted by atomic mass is 16.5. The third kappa shape index (κ3) is 1.73. The second-order valence-electron chi connectivity index (χ2n) is 6.40. The Bertz CT molecular complexity index is 762. The minimum Gasteiger partial charge on any atom is -0.420 e. The first-order valence-electron chi connectivity index (χ1n) is 7.32. The van der Waals surface area contributed by atoms with E-state index in [0.717, 1.165) is 16.8 Å². The molecule has 4 rings (SSSR count). The van der Waals surface area contributed by atoms with Crippen LogP contribution in [0.2, 0.25) is 0 Å². The molecule has 1 aromatic carbocycles. The quantitative estimate of drug-likeness (QED) is 0.849. The number of rotatable bonds is 2. The van der Waals surface area contributed by atoms with Crippen LogP contribution in [0.1, 0.15) is 31.2 Å². The number of nitrogens with zero attached hydrogens (tertiary/aromatic N) is 3. The van der Waals surface area contributed by atoms with Gasteiger partial charge in [-0.15, -0.1) is 10.2 Å². The minimum absolute atomic E-state index is 0.0949. The van der Waals surface area contributed by atoms with Crippen molar-refractivity contribution in [3.8, 4) is 11.5 Å². The number of benzene rings is 1. The highest BCUT2D eigenvalue weighted by Gasteiger charge is 2.42. The molecule has 1 saturated heterocycles. The molecule has 0 aliphatic carbocycles. The van der Waals surface area contributed by atoms with Gasteiger partial charge in [-0.3, -0.25) is 4.79 Å². The summed E-state index contributed by atoms with van der Waals surface area (Å²) in [5.41, 5.74) is 2.26. The van der Waals surface area contributed by atoms with Crippen LogP contribution in [0.5, 0.6) is 0 Å². The Balaban J connectivity index is 1.73. The number of likely N-dealkylation sites (N-methyl/N-ethyl adjacent to an activating group) is 1. The van der Waals surface area contributed by atoms with Gasteiger partial charge in [-0.25, -0.2) is 0 Å². The van der Waals surface area contributed by atoms with Gasteiger partial charge in [0, 0.05) is 18.3 Å². The van der Waals surface area contributed by atoms with Crippen molar-refractivity contribution in [2.24, 2.45) is 0 Å². The predicted molar refractivity (Wildman–Crippen MR) is 79.7 cm³/mol. The maximum absolute atomic E-state index is 12.3. The number of carbonyl (C=O) groups excluding carboxylic acids is 1. The number of anilines is 1. The van der Waals surface area contributed by atoms with Crippen LogP contribution in [0.15, 0.2) is 22.6 Å². The molecule has 0 bridgehead atoms. The lowest BCUT2D eigenvalue weighted by Crippen LogP contribution is -2.33. The normalized spacial score (nSPS) is 20.1. The summed E-state index contributed by atoms with van der Waals surface area (Å²) in [6.07, 6.45) is 0. The molecule has 0 unspecified atom stereocenters. The van der Waals surface area contributed by atoms with Gasteiger partial charge < -0.3 is 14.1 Å². The summed E-state index contributed by atoms with van der Waals surface area (Å²) in [5, 5.41) is 8.21. The molecular weight excluding hydrogens is 282 g/mol. The van der Waals surface area contributed by atoms with Crippen LogP contribution in [0, 0.1) is 0 Å². The molecule has 3 heterocycles. The van der Waals surface area contributed by atoms with E-state index in [1.165, 1.54) is 0 Å². The number of amides is 1. The van der Waals surface area contributed by atoms with Gasteiger partial charge in [-0.2, -0.15) is 0 Å². The van der Waals surface area contributed by atoms with Crippen LogP contribution in [-0.4, -0.2) is 36.4 Å². The highest BCUT2D eigenvalue weighted by Crippen LogP contribution is 2.42. The van der Waals surface area contributed by atoms with E-state index in [-0.39, 0.29) is 11.8 Å². The molecule has 6 heteroatoms. The van der Waals surface area contributed by atoms with E-state index >= 15 is 0 Å². The van der Waals surface area contributed by atoms with Crippen LogP contribution in [0.25, 0.3) is 11.5 Å². The lowest BCUT2D eigenvalue weighted by atomic mass is 9.86. The van der Waals surface area contributed by atoms with E-state index in [9.17, 15) is 4.79 Å². The molecule has 1 fully saturated rings. The van der Waals surface area contributed by atoms with Gasteiger partial charge in [-0.05, 0) is 31.5 Å². The third-order valence-electron chi connectivity index (χ3n) is 4.55. The monoisotopic (exact) mass is 299 g/mol. The van der Waals surface area contributed by atoms with E-state index in [1.807, 2.05) is 32.0 Å². The SMILES string of the molecule is CN1C(=O)C(C)(C)c2ccc(-c3nnc(C4COC4)o3)cc21. The molecular formula is C16H17N3O3. The lowest BCUT2D eigenvalue weighted by molar-refractivity contribution is -0.121. The first-order chi connectivity index (χ1) is 10.5. The molecule has 2 aliphatic rings.